The standard InChI is InChI=1S/C14H15ClFN3O3/c15-12-2-1-10(16)7-11(12)14(22)19-5-3-18(4-6-19)13(21)8-17-9-20/h1-2,7,9H,3-6,8H2,(H,17,20). The Morgan fingerprint density at radius 2 is 1.86 bits per heavy atom. The zero-order chi connectivity index (χ0) is 16.1. The van der Waals surface area contributed by atoms with Crippen LogP contribution in [0.25, 0.3) is 0 Å². The highest BCUT2D eigenvalue weighted by Gasteiger charge is 2.25. The van der Waals surface area contributed by atoms with E-state index in [1.807, 2.05) is 0 Å². The van der Waals surface area contributed by atoms with E-state index in [4.69, 9.17) is 11.6 Å². The molecule has 1 aromatic rings. The van der Waals surface area contributed by atoms with E-state index >= 15 is 0 Å². The van der Waals surface area contributed by atoms with E-state index in [1.54, 1.807) is 4.90 Å². The van der Waals surface area contributed by atoms with Crippen molar-refractivity contribution in [2.45, 2.75) is 0 Å². The summed E-state index contributed by atoms with van der Waals surface area (Å²) in [5, 5.41) is 2.50. The van der Waals surface area contributed by atoms with Crippen molar-refractivity contribution in [1.82, 2.24) is 15.1 Å². The van der Waals surface area contributed by atoms with Crippen LogP contribution in [0.15, 0.2) is 18.2 Å². The van der Waals surface area contributed by atoms with Gasteiger partial charge in [0, 0.05) is 26.2 Å². The van der Waals surface area contributed by atoms with E-state index in [0.717, 1.165) is 6.07 Å². The Morgan fingerprint density at radius 3 is 2.50 bits per heavy atom. The van der Waals surface area contributed by atoms with Crippen molar-refractivity contribution in [3.05, 3.63) is 34.6 Å². The highest BCUT2D eigenvalue weighted by molar-refractivity contribution is 6.33. The van der Waals surface area contributed by atoms with E-state index in [0.29, 0.717) is 32.6 Å². The maximum atomic E-state index is 13.2. The number of halogens is 2. The van der Waals surface area contributed by atoms with Crippen LogP contribution < -0.4 is 5.32 Å². The Hall–Kier alpha value is -2.15. The number of amides is 3. The fourth-order valence-electron chi connectivity index (χ4n) is 2.23. The van der Waals surface area contributed by atoms with Crippen molar-refractivity contribution in [3.63, 3.8) is 0 Å². The van der Waals surface area contributed by atoms with Crippen LogP contribution in [0.3, 0.4) is 0 Å². The molecule has 8 heteroatoms. The van der Waals surface area contributed by atoms with Gasteiger partial charge in [-0.2, -0.15) is 0 Å². The molecular weight excluding hydrogens is 313 g/mol. The number of hydrogen-bond donors (Lipinski definition) is 1. The van der Waals surface area contributed by atoms with Crippen LogP contribution in [0.1, 0.15) is 10.4 Å². The smallest absolute Gasteiger partial charge is 0.255 e. The third-order valence-electron chi connectivity index (χ3n) is 3.42. The molecule has 0 aliphatic carbocycles. The first-order valence-corrected chi connectivity index (χ1v) is 7.10. The topological polar surface area (TPSA) is 69.7 Å². The van der Waals surface area contributed by atoms with Crippen LogP contribution in [0.4, 0.5) is 4.39 Å². The number of hydrogen-bond acceptors (Lipinski definition) is 3. The van der Waals surface area contributed by atoms with Crippen LogP contribution in [0.5, 0.6) is 0 Å². The van der Waals surface area contributed by atoms with Gasteiger partial charge in [-0.1, -0.05) is 11.6 Å². The average molecular weight is 328 g/mol. The second-order valence-electron chi connectivity index (χ2n) is 4.80. The summed E-state index contributed by atoms with van der Waals surface area (Å²) in [6, 6.07) is 3.64. The molecule has 0 radical (unpaired) electrons. The van der Waals surface area contributed by atoms with Crippen molar-refractivity contribution in [1.29, 1.82) is 0 Å². The summed E-state index contributed by atoms with van der Waals surface area (Å²) in [7, 11) is 0. The molecule has 3 amide bonds. The number of carbonyl (C=O) groups excluding carboxylic acids is 3. The molecule has 1 saturated heterocycles. The SMILES string of the molecule is O=CNCC(=O)N1CCN(C(=O)c2cc(F)ccc2Cl)CC1. The van der Waals surface area contributed by atoms with E-state index in [2.05, 4.69) is 5.32 Å². The summed E-state index contributed by atoms with van der Waals surface area (Å²) in [5.74, 6) is -1.09. The minimum absolute atomic E-state index is 0.0623. The van der Waals surface area contributed by atoms with Crippen molar-refractivity contribution in [3.8, 4) is 0 Å². The summed E-state index contributed by atoms with van der Waals surface area (Å²) in [6.45, 7) is 1.32. The van der Waals surface area contributed by atoms with Gasteiger partial charge >= 0.3 is 0 Å². The molecule has 1 N–H and O–H groups in total. The Morgan fingerprint density at radius 1 is 1.23 bits per heavy atom. The van der Waals surface area contributed by atoms with Gasteiger partial charge in [-0.3, -0.25) is 14.4 Å². The van der Waals surface area contributed by atoms with Crippen molar-refractivity contribution in [2.24, 2.45) is 0 Å². The van der Waals surface area contributed by atoms with Gasteiger partial charge in [0.1, 0.15) is 5.82 Å². The quantitative estimate of drug-likeness (QED) is 0.819. The first-order valence-electron chi connectivity index (χ1n) is 6.72. The molecule has 0 atom stereocenters. The number of nitrogens with zero attached hydrogens (tertiary/aromatic N) is 2. The van der Waals surface area contributed by atoms with E-state index in [9.17, 15) is 18.8 Å². The molecule has 0 spiro atoms. The first kappa shape index (κ1) is 16.2. The molecular formula is C14H15ClFN3O3. The Kier molecular flexibility index (Phi) is 5.32. The average Bonchev–Trinajstić information content (AvgIpc) is 2.54. The van der Waals surface area contributed by atoms with Gasteiger partial charge in [-0.25, -0.2) is 4.39 Å². The lowest BCUT2D eigenvalue weighted by atomic mass is 10.1. The van der Waals surface area contributed by atoms with Crippen LogP contribution in [-0.4, -0.2) is 60.7 Å². The van der Waals surface area contributed by atoms with Gasteiger partial charge in [0.15, 0.2) is 0 Å². The fraction of sp³-hybridized carbons (Fsp3) is 0.357. The molecule has 6 nitrogen and oxygen atoms in total. The van der Waals surface area contributed by atoms with Crippen molar-refractivity contribution < 1.29 is 18.8 Å². The van der Waals surface area contributed by atoms with Crippen LogP contribution in [-0.2, 0) is 9.59 Å². The predicted molar refractivity (Wildman–Crippen MR) is 78.0 cm³/mol. The molecule has 0 unspecified atom stereocenters. The van der Waals surface area contributed by atoms with E-state index in [1.165, 1.54) is 17.0 Å². The highest BCUT2D eigenvalue weighted by atomic mass is 35.5. The summed E-state index contributed by atoms with van der Waals surface area (Å²) in [5.41, 5.74) is 0.115. The number of carbonyl (C=O) groups is 3. The second-order valence-corrected chi connectivity index (χ2v) is 5.20. The van der Waals surface area contributed by atoms with Gasteiger partial charge < -0.3 is 15.1 Å². The fourth-order valence-corrected chi connectivity index (χ4v) is 2.43. The number of nitrogens with one attached hydrogen (secondary N) is 1. The van der Waals surface area contributed by atoms with Gasteiger partial charge in [0.25, 0.3) is 5.91 Å². The molecule has 1 aliphatic heterocycles. The summed E-state index contributed by atoms with van der Waals surface area (Å²) < 4.78 is 13.2. The zero-order valence-corrected chi connectivity index (χ0v) is 12.5. The number of benzene rings is 1. The van der Waals surface area contributed by atoms with Crippen molar-refractivity contribution in [2.75, 3.05) is 32.7 Å². The van der Waals surface area contributed by atoms with Crippen LogP contribution >= 0.6 is 11.6 Å². The summed E-state index contributed by atoms with van der Waals surface area (Å²) in [4.78, 5) is 37.3. The molecule has 118 valence electrons. The Labute approximate surface area is 131 Å². The molecule has 2 rings (SSSR count). The molecule has 1 aromatic carbocycles. The maximum absolute atomic E-state index is 13.2. The predicted octanol–water partition coefficient (Wildman–Crippen LogP) is 0.509. The lowest BCUT2D eigenvalue weighted by molar-refractivity contribution is -0.132. The molecule has 1 aliphatic rings. The van der Waals surface area contributed by atoms with Gasteiger partial charge in [-0.05, 0) is 18.2 Å². The Bertz CT molecular complexity index is 589. The first-order chi connectivity index (χ1) is 10.5. The number of rotatable bonds is 4. The molecule has 0 bridgehead atoms. The minimum atomic E-state index is -0.526. The largest absolute Gasteiger partial charge is 0.350 e. The lowest BCUT2D eigenvalue weighted by Gasteiger charge is -2.34. The molecule has 1 heterocycles. The van der Waals surface area contributed by atoms with Crippen LogP contribution in [0.2, 0.25) is 5.02 Å². The lowest BCUT2D eigenvalue weighted by Crippen LogP contribution is -2.52. The maximum Gasteiger partial charge on any atom is 0.255 e. The van der Waals surface area contributed by atoms with Gasteiger partial charge in [0.05, 0.1) is 17.1 Å². The van der Waals surface area contributed by atoms with E-state index in [-0.39, 0.29) is 28.9 Å². The second kappa shape index (κ2) is 7.22. The highest BCUT2D eigenvalue weighted by Crippen LogP contribution is 2.19. The summed E-state index contributed by atoms with van der Waals surface area (Å²) in [6.07, 6.45) is 0.462. The van der Waals surface area contributed by atoms with E-state index < -0.39 is 5.82 Å². The van der Waals surface area contributed by atoms with Crippen LogP contribution in [0, 0.1) is 5.82 Å². The Balaban J connectivity index is 1.96. The third kappa shape index (κ3) is 3.73. The monoisotopic (exact) mass is 327 g/mol. The molecule has 0 saturated carbocycles. The minimum Gasteiger partial charge on any atom is -0.350 e. The number of piperazine rings is 1. The summed E-state index contributed by atoms with van der Waals surface area (Å²) >= 11 is 5.93. The van der Waals surface area contributed by atoms with Gasteiger partial charge in [-0.15, -0.1) is 0 Å². The third-order valence-corrected chi connectivity index (χ3v) is 3.74. The molecule has 22 heavy (non-hydrogen) atoms. The normalized spacial score (nSPS) is 14.6. The van der Waals surface area contributed by atoms with Gasteiger partial charge in [0.2, 0.25) is 12.3 Å². The molecule has 1 fully saturated rings. The molecule has 0 aromatic heterocycles. The zero-order valence-electron chi connectivity index (χ0n) is 11.7. The van der Waals surface area contributed by atoms with Crippen molar-refractivity contribution >= 4 is 29.8 Å².